The van der Waals surface area contributed by atoms with Crippen LogP contribution in [0.25, 0.3) is 0 Å². The maximum atomic E-state index is 12.4. The van der Waals surface area contributed by atoms with Crippen molar-refractivity contribution in [1.82, 2.24) is 15.0 Å². The summed E-state index contributed by atoms with van der Waals surface area (Å²) in [6, 6.07) is 0. The molecule has 22 heavy (non-hydrogen) atoms. The van der Waals surface area contributed by atoms with E-state index in [0.29, 0.717) is 47.5 Å². The van der Waals surface area contributed by atoms with Gasteiger partial charge in [0.05, 0.1) is 17.7 Å². The molecule has 3 rings (SSSR count). The van der Waals surface area contributed by atoms with Gasteiger partial charge < -0.3 is 9.64 Å². The molecule has 1 amide bonds. The molecule has 3 heterocycles. The van der Waals surface area contributed by atoms with Gasteiger partial charge in [0.1, 0.15) is 5.69 Å². The number of morpholine rings is 1. The SMILES string of the molecule is Cc1cnc(NC(=O)c2nc(N3CCOCC3)ncc2Br)s1. The summed E-state index contributed by atoms with van der Waals surface area (Å²) >= 11 is 4.75. The summed E-state index contributed by atoms with van der Waals surface area (Å²) in [6.07, 6.45) is 3.31. The first-order chi connectivity index (χ1) is 10.6. The molecule has 1 saturated heterocycles. The Labute approximate surface area is 139 Å². The van der Waals surface area contributed by atoms with Gasteiger partial charge in [-0.15, -0.1) is 11.3 Å². The van der Waals surface area contributed by atoms with E-state index >= 15 is 0 Å². The lowest BCUT2D eigenvalue weighted by Crippen LogP contribution is -2.37. The Bertz CT molecular complexity index is 687. The van der Waals surface area contributed by atoms with Crippen molar-refractivity contribution in [2.75, 3.05) is 36.5 Å². The van der Waals surface area contributed by atoms with Crippen LogP contribution in [0.4, 0.5) is 11.1 Å². The Morgan fingerprint density at radius 1 is 1.36 bits per heavy atom. The van der Waals surface area contributed by atoms with E-state index in [1.165, 1.54) is 11.3 Å². The number of ether oxygens (including phenoxy) is 1. The van der Waals surface area contributed by atoms with Gasteiger partial charge in [0.25, 0.3) is 5.91 Å². The van der Waals surface area contributed by atoms with Gasteiger partial charge in [0.15, 0.2) is 5.13 Å². The van der Waals surface area contributed by atoms with E-state index in [9.17, 15) is 4.79 Å². The first-order valence-corrected chi connectivity index (χ1v) is 8.33. The van der Waals surface area contributed by atoms with Crippen molar-refractivity contribution in [3.05, 3.63) is 27.4 Å². The van der Waals surface area contributed by atoms with Gasteiger partial charge in [-0.2, -0.15) is 0 Å². The quantitative estimate of drug-likeness (QED) is 0.873. The summed E-state index contributed by atoms with van der Waals surface area (Å²) in [5.41, 5.74) is 0.296. The van der Waals surface area contributed by atoms with Gasteiger partial charge in [-0.25, -0.2) is 15.0 Å². The molecule has 2 aromatic heterocycles. The second-order valence-electron chi connectivity index (χ2n) is 4.70. The van der Waals surface area contributed by atoms with Crippen LogP contribution in [0.5, 0.6) is 0 Å². The number of amides is 1. The lowest BCUT2D eigenvalue weighted by molar-refractivity contribution is 0.102. The van der Waals surface area contributed by atoms with Crippen LogP contribution < -0.4 is 10.2 Å². The van der Waals surface area contributed by atoms with Crippen LogP contribution in [0.1, 0.15) is 15.4 Å². The highest BCUT2D eigenvalue weighted by Gasteiger charge is 2.19. The average molecular weight is 384 g/mol. The number of carbonyl (C=O) groups is 1. The fourth-order valence-corrected chi connectivity index (χ4v) is 3.03. The van der Waals surface area contributed by atoms with E-state index in [0.717, 1.165) is 4.88 Å². The van der Waals surface area contributed by atoms with Crippen LogP contribution in [-0.2, 0) is 4.74 Å². The lowest BCUT2D eigenvalue weighted by atomic mass is 10.4. The molecular formula is C13H14BrN5O2S. The minimum Gasteiger partial charge on any atom is -0.378 e. The first kappa shape index (κ1) is 15.3. The van der Waals surface area contributed by atoms with Crippen LogP contribution >= 0.6 is 27.3 Å². The Morgan fingerprint density at radius 3 is 2.82 bits per heavy atom. The van der Waals surface area contributed by atoms with Crippen molar-refractivity contribution in [3.63, 3.8) is 0 Å². The second-order valence-corrected chi connectivity index (χ2v) is 6.79. The summed E-state index contributed by atoms with van der Waals surface area (Å²) < 4.78 is 5.86. The Balaban J connectivity index is 1.81. The van der Waals surface area contributed by atoms with Gasteiger partial charge >= 0.3 is 0 Å². The molecule has 2 aromatic rings. The van der Waals surface area contributed by atoms with Crippen LogP contribution in [-0.4, -0.2) is 47.2 Å². The molecule has 1 aliphatic heterocycles. The van der Waals surface area contributed by atoms with E-state index in [1.807, 2.05) is 11.8 Å². The molecular weight excluding hydrogens is 370 g/mol. The third-order valence-electron chi connectivity index (χ3n) is 3.08. The predicted octanol–water partition coefficient (Wildman–Crippen LogP) is 2.09. The highest BCUT2D eigenvalue weighted by molar-refractivity contribution is 9.10. The number of halogens is 1. The number of carbonyl (C=O) groups excluding carboxylic acids is 1. The molecule has 0 bridgehead atoms. The summed E-state index contributed by atoms with van der Waals surface area (Å²) in [4.78, 5) is 28.2. The number of thiazole rings is 1. The first-order valence-electron chi connectivity index (χ1n) is 6.72. The van der Waals surface area contributed by atoms with Crippen molar-refractivity contribution >= 4 is 44.3 Å². The number of aryl methyl sites for hydroxylation is 1. The van der Waals surface area contributed by atoms with Crippen molar-refractivity contribution in [1.29, 1.82) is 0 Å². The van der Waals surface area contributed by atoms with Crippen molar-refractivity contribution in [2.24, 2.45) is 0 Å². The maximum absolute atomic E-state index is 12.4. The molecule has 0 aliphatic carbocycles. The molecule has 9 heteroatoms. The monoisotopic (exact) mass is 383 g/mol. The summed E-state index contributed by atoms with van der Waals surface area (Å²) in [5, 5.41) is 3.31. The van der Waals surface area contributed by atoms with Crippen LogP contribution in [0.15, 0.2) is 16.9 Å². The molecule has 7 nitrogen and oxygen atoms in total. The van der Waals surface area contributed by atoms with Crippen LogP contribution in [0, 0.1) is 6.92 Å². The smallest absolute Gasteiger partial charge is 0.277 e. The Kier molecular flexibility index (Phi) is 4.65. The lowest BCUT2D eigenvalue weighted by Gasteiger charge is -2.26. The van der Waals surface area contributed by atoms with Crippen LogP contribution in [0.3, 0.4) is 0 Å². The van der Waals surface area contributed by atoms with E-state index in [4.69, 9.17) is 4.74 Å². The van der Waals surface area contributed by atoms with E-state index < -0.39 is 0 Å². The molecule has 0 aromatic carbocycles. The normalized spacial score (nSPS) is 14.9. The number of nitrogens with one attached hydrogen (secondary N) is 1. The predicted molar refractivity (Wildman–Crippen MR) is 87.6 cm³/mol. The third kappa shape index (κ3) is 3.42. The van der Waals surface area contributed by atoms with E-state index in [-0.39, 0.29) is 5.91 Å². The number of hydrogen-bond acceptors (Lipinski definition) is 7. The van der Waals surface area contributed by atoms with Crippen molar-refractivity contribution in [3.8, 4) is 0 Å². The molecule has 0 unspecified atom stereocenters. The number of rotatable bonds is 3. The molecule has 116 valence electrons. The topological polar surface area (TPSA) is 80.2 Å². The maximum Gasteiger partial charge on any atom is 0.277 e. The van der Waals surface area contributed by atoms with Gasteiger partial charge in [-0.05, 0) is 22.9 Å². The minimum atomic E-state index is -0.307. The minimum absolute atomic E-state index is 0.296. The fraction of sp³-hybridized carbons (Fsp3) is 0.385. The largest absolute Gasteiger partial charge is 0.378 e. The molecule has 0 saturated carbocycles. The third-order valence-corrected chi connectivity index (χ3v) is 4.49. The standard InChI is InChI=1S/C13H14BrN5O2S/c1-8-6-16-13(22-8)18-11(20)10-9(14)7-15-12(17-10)19-2-4-21-5-3-19/h6-7H,2-5H2,1H3,(H,16,18,20). The average Bonchev–Trinajstić information content (AvgIpc) is 2.93. The number of aromatic nitrogens is 3. The van der Waals surface area contributed by atoms with E-state index in [2.05, 4.69) is 36.2 Å². The molecule has 0 radical (unpaired) electrons. The number of hydrogen-bond donors (Lipinski definition) is 1. The van der Waals surface area contributed by atoms with E-state index in [1.54, 1.807) is 12.4 Å². The zero-order valence-corrected chi connectivity index (χ0v) is 14.3. The van der Waals surface area contributed by atoms with Gasteiger partial charge in [-0.1, -0.05) is 0 Å². The zero-order chi connectivity index (χ0) is 15.5. The summed E-state index contributed by atoms with van der Waals surface area (Å²) in [6.45, 7) is 4.64. The van der Waals surface area contributed by atoms with Crippen LogP contribution in [0.2, 0.25) is 0 Å². The van der Waals surface area contributed by atoms with Crippen molar-refractivity contribution in [2.45, 2.75) is 6.92 Å². The van der Waals surface area contributed by atoms with Gasteiger partial charge in [0.2, 0.25) is 5.95 Å². The highest BCUT2D eigenvalue weighted by Crippen LogP contribution is 2.21. The molecule has 1 aliphatic rings. The van der Waals surface area contributed by atoms with Gasteiger partial charge in [0, 0.05) is 30.4 Å². The summed E-state index contributed by atoms with van der Waals surface area (Å²) in [5.74, 6) is 0.227. The molecule has 1 fully saturated rings. The Hall–Kier alpha value is -1.58. The molecule has 1 N–H and O–H groups in total. The van der Waals surface area contributed by atoms with Crippen molar-refractivity contribution < 1.29 is 9.53 Å². The second kappa shape index (κ2) is 6.67. The summed E-state index contributed by atoms with van der Waals surface area (Å²) in [7, 11) is 0. The fourth-order valence-electron chi connectivity index (χ4n) is 2.00. The van der Waals surface area contributed by atoms with Gasteiger partial charge in [-0.3, -0.25) is 10.1 Å². The Morgan fingerprint density at radius 2 is 2.14 bits per heavy atom. The number of anilines is 2. The highest BCUT2D eigenvalue weighted by atomic mass is 79.9. The zero-order valence-electron chi connectivity index (χ0n) is 11.9. The molecule has 0 spiro atoms. The molecule has 0 atom stereocenters. The number of nitrogens with zero attached hydrogens (tertiary/aromatic N) is 4.